The summed E-state index contributed by atoms with van der Waals surface area (Å²) in [6.45, 7) is 7.07. The Morgan fingerprint density at radius 2 is 1.94 bits per heavy atom. The fraction of sp³-hybridized carbons (Fsp3) is 0.786. The van der Waals surface area contributed by atoms with Crippen molar-refractivity contribution in [2.45, 2.75) is 64.2 Å². The van der Waals surface area contributed by atoms with E-state index in [2.05, 4.69) is 25.8 Å². The highest BCUT2D eigenvalue weighted by atomic mass is 15.0. The molecule has 0 radical (unpaired) electrons. The van der Waals surface area contributed by atoms with Crippen molar-refractivity contribution in [1.29, 1.82) is 0 Å². The second-order valence-corrected chi connectivity index (χ2v) is 6.02. The molecule has 17 heavy (non-hydrogen) atoms. The van der Waals surface area contributed by atoms with E-state index in [0.29, 0.717) is 12.5 Å². The number of hydrogen-bond donors (Lipinski definition) is 2. The van der Waals surface area contributed by atoms with Crippen molar-refractivity contribution >= 4 is 0 Å². The van der Waals surface area contributed by atoms with Crippen molar-refractivity contribution in [1.82, 2.24) is 9.97 Å². The van der Waals surface area contributed by atoms with Crippen molar-refractivity contribution < 1.29 is 0 Å². The van der Waals surface area contributed by atoms with E-state index in [1.165, 1.54) is 43.5 Å². The van der Waals surface area contributed by atoms with Crippen molar-refractivity contribution in [3.8, 4) is 0 Å². The Morgan fingerprint density at radius 1 is 1.29 bits per heavy atom. The van der Waals surface area contributed by atoms with Crippen LogP contribution in [0.15, 0.2) is 0 Å². The highest BCUT2D eigenvalue weighted by Crippen LogP contribution is 2.34. The van der Waals surface area contributed by atoms with Crippen molar-refractivity contribution in [3.05, 3.63) is 17.2 Å². The first kappa shape index (κ1) is 12.6. The molecule has 0 bridgehead atoms. The highest BCUT2D eigenvalue weighted by molar-refractivity contribution is 5.22. The van der Waals surface area contributed by atoms with Crippen LogP contribution < -0.4 is 5.73 Å². The molecular formula is C14H25N3. The molecule has 0 amide bonds. The van der Waals surface area contributed by atoms with Gasteiger partial charge in [0.1, 0.15) is 5.82 Å². The maximum absolute atomic E-state index is 5.82. The minimum absolute atomic E-state index is 0.0440. The third kappa shape index (κ3) is 2.54. The van der Waals surface area contributed by atoms with Gasteiger partial charge in [-0.25, -0.2) is 4.98 Å². The molecule has 1 aromatic rings. The van der Waals surface area contributed by atoms with Crippen LogP contribution in [0.1, 0.15) is 69.1 Å². The third-order valence-electron chi connectivity index (χ3n) is 4.07. The van der Waals surface area contributed by atoms with E-state index in [1.54, 1.807) is 0 Å². The number of imidazole rings is 1. The van der Waals surface area contributed by atoms with E-state index in [-0.39, 0.29) is 5.41 Å². The van der Waals surface area contributed by atoms with E-state index in [1.807, 2.05) is 0 Å². The van der Waals surface area contributed by atoms with E-state index in [4.69, 9.17) is 10.7 Å². The fourth-order valence-electron chi connectivity index (χ4n) is 2.66. The molecule has 2 rings (SSSR count). The van der Waals surface area contributed by atoms with Crippen LogP contribution in [0.5, 0.6) is 0 Å². The van der Waals surface area contributed by atoms with Crippen molar-refractivity contribution in [2.75, 3.05) is 6.54 Å². The van der Waals surface area contributed by atoms with Gasteiger partial charge in [-0.2, -0.15) is 0 Å². The summed E-state index contributed by atoms with van der Waals surface area (Å²) in [4.78, 5) is 8.28. The molecule has 3 nitrogen and oxygen atoms in total. The van der Waals surface area contributed by atoms with Crippen LogP contribution in [0, 0.1) is 6.92 Å². The Labute approximate surface area is 104 Å². The van der Waals surface area contributed by atoms with Crippen LogP contribution in [0.4, 0.5) is 0 Å². The molecule has 1 aliphatic carbocycles. The monoisotopic (exact) mass is 235 g/mol. The lowest BCUT2D eigenvalue weighted by Gasteiger charge is -2.21. The second kappa shape index (κ2) is 4.81. The van der Waals surface area contributed by atoms with Gasteiger partial charge in [-0.1, -0.05) is 33.1 Å². The summed E-state index contributed by atoms with van der Waals surface area (Å²) >= 11 is 0. The van der Waals surface area contributed by atoms with Gasteiger partial charge in [0, 0.05) is 23.6 Å². The molecule has 0 unspecified atom stereocenters. The number of nitrogens with two attached hydrogens (primary N) is 1. The van der Waals surface area contributed by atoms with E-state index in [9.17, 15) is 0 Å². The topological polar surface area (TPSA) is 54.7 Å². The van der Waals surface area contributed by atoms with Gasteiger partial charge in [-0.3, -0.25) is 0 Å². The average molecular weight is 235 g/mol. The third-order valence-corrected chi connectivity index (χ3v) is 4.07. The zero-order chi connectivity index (χ0) is 12.5. The summed E-state index contributed by atoms with van der Waals surface area (Å²) in [5.74, 6) is 1.72. The van der Waals surface area contributed by atoms with Gasteiger partial charge in [0.05, 0.1) is 5.69 Å². The Balaban J connectivity index is 2.24. The van der Waals surface area contributed by atoms with E-state index < -0.39 is 0 Å². The molecule has 1 aliphatic rings. The summed E-state index contributed by atoms with van der Waals surface area (Å²) in [5, 5.41) is 0. The molecule has 0 aromatic carbocycles. The van der Waals surface area contributed by atoms with Gasteiger partial charge in [0.2, 0.25) is 0 Å². The second-order valence-electron chi connectivity index (χ2n) is 6.02. The summed E-state index contributed by atoms with van der Waals surface area (Å²) in [6, 6.07) is 0. The summed E-state index contributed by atoms with van der Waals surface area (Å²) in [6.07, 6.45) is 6.70. The number of H-pyrrole nitrogens is 1. The first-order valence-corrected chi connectivity index (χ1v) is 6.81. The predicted octanol–water partition coefficient (Wildman–Crippen LogP) is 3.00. The summed E-state index contributed by atoms with van der Waals surface area (Å²) in [5.41, 5.74) is 8.31. The molecule has 1 aromatic heterocycles. The maximum atomic E-state index is 5.82. The average Bonchev–Trinajstić information content (AvgIpc) is 2.73. The lowest BCUT2D eigenvalue weighted by molar-refractivity contribution is 0.434. The van der Waals surface area contributed by atoms with Gasteiger partial charge in [0.15, 0.2) is 0 Å². The highest BCUT2D eigenvalue weighted by Gasteiger charge is 2.26. The van der Waals surface area contributed by atoms with Crippen LogP contribution in [-0.4, -0.2) is 16.5 Å². The van der Waals surface area contributed by atoms with Crippen LogP contribution >= 0.6 is 0 Å². The number of aryl methyl sites for hydroxylation is 1. The first-order valence-electron chi connectivity index (χ1n) is 6.81. The molecule has 3 N–H and O–H groups in total. The van der Waals surface area contributed by atoms with Crippen LogP contribution in [0.2, 0.25) is 0 Å². The quantitative estimate of drug-likeness (QED) is 0.846. The molecule has 1 fully saturated rings. The van der Waals surface area contributed by atoms with Gasteiger partial charge < -0.3 is 10.7 Å². The van der Waals surface area contributed by atoms with Crippen LogP contribution in [0.25, 0.3) is 0 Å². The molecule has 0 spiro atoms. The zero-order valence-electron chi connectivity index (χ0n) is 11.3. The lowest BCUT2D eigenvalue weighted by Crippen LogP contribution is -2.29. The number of nitrogens with zero attached hydrogens (tertiary/aromatic N) is 1. The molecule has 0 aliphatic heterocycles. The Hall–Kier alpha value is -0.830. The van der Waals surface area contributed by atoms with Crippen molar-refractivity contribution in [3.63, 3.8) is 0 Å². The summed E-state index contributed by atoms with van der Waals surface area (Å²) in [7, 11) is 0. The molecule has 0 saturated heterocycles. The first-order chi connectivity index (χ1) is 8.04. The van der Waals surface area contributed by atoms with Gasteiger partial charge in [-0.05, 0) is 19.8 Å². The normalized spacial score (nSPS) is 18.6. The number of rotatable bonds is 3. The van der Waals surface area contributed by atoms with Gasteiger partial charge in [-0.15, -0.1) is 0 Å². The Morgan fingerprint density at radius 3 is 2.53 bits per heavy atom. The van der Waals surface area contributed by atoms with Crippen LogP contribution in [0.3, 0.4) is 0 Å². The molecule has 96 valence electrons. The smallest absolute Gasteiger partial charge is 0.113 e. The SMILES string of the molecule is Cc1[nH]c(C(C)(C)CN)nc1C1CCCCC1. The predicted molar refractivity (Wildman–Crippen MR) is 71.2 cm³/mol. The minimum Gasteiger partial charge on any atom is -0.345 e. The molecular weight excluding hydrogens is 210 g/mol. The van der Waals surface area contributed by atoms with Crippen LogP contribution in [-0.2, 0) is 5.41 Å². The Kier molecular flexibility index (Phi) is 3.57. The number of hydrogen-bond acceptors (Lipinski definition) is 2. The standard InChI is InChI=1S/C14H25N3/c1-10-12(11-7-5-4-6-8-11)17-13(16-10)14(2,3)9-15/h11H,4-9,15H2,1-3H3,(H,16,17). The molecule has 1 heterocycles. The van der Waals surface area contributed by atoms with Gasteiger partial charge >= 0.3 is 0 Å². The van der Waals surface area contributed by atoms with Gasteiger partial charge in [0.25, 0.3) is 0 Å². The zero-order valence-corrected chi connectivity index (χ0v) is 11.3. The lowest BCUT2D eigenvalue weighted by atomic mass is 9.86. The van der Waals surface area contributed by atoms with Crippen molar-refractivity contribution in [2.24, 2.45) is 5.73 Å². The molecule has 0 atom stereocenters. The largest absolute Gasteiger partial charge is 0.345 e. The molecule has 1 saturated carbocycles. The van der Waals surface area contributed by atoms with E-state index >= 15 is 0 Å². The number of aromatic amines is 1. The summed E-state index contributed by atoms with van der Waals surface area (Å²) < 4.78 is 0. The Bertz CT molecular complexity index is 373. The fourth-order valence-corrected chi connectivity index (χ4v) is 2.66. The maximum Gasteiger partial charge on any atom is 0.113 e. The number of nitrogens with one attached hydrogen (secondary N) is 1. The molecule has 3 heteroatoms. The minimum atomic E-state index is -0.0440. The number of aromatic nitrogens is 2. The van der Waals surface area contributed by atoms with E-state index in [0.717, 1.165) is 5.82 Å².